The van der Waals surface area contributed by atoms with Crippen molar-refractivity contribution in [2.24, 2.45) is 7.05 Å². The number of fused-ring (bicyclic) bond motifs is 1. The van der Waals surface area contributed by atoms with Crippen molar-refractivity contribution in [3.8, 4) is 0 Å². The number of nitrogens with one attached hydrogen (secondary N) is 1. The van der Waals surface area contributed by atoms with Gasteiger partial charge in [-0.1, -0.05) is 12.1 Å². The summed E-state index contributed by atoms with van der Waals surface area (Å²) in [4.78, 5) is 26.6. The fourth-order valence-corrected chi connectivity index (χ4v) is 3.55. The molecule has 1 aromatic carbocycles. The smallest absolute Gasteiger partial charge is 0.258 e. The van der Waals surface area contributed by atoms with E-state index in [0.717, 1.165) is 43.7 Å². The second kappa shape index (κ2) is 6.20. The standard InChI is InChI=1S/C18H21N5O/c1-22-12-19-11-13(22)8-10-23-9-4-7-16(23)17-20-15-6-3-2-5-14(15)18(24)21-17/h2-3,5-6,11-12,16H,4,7-10H2,1H3,(H,20,21,24). The first-order valence-electron chi connectivity index (χ1n) is 8.40. The molecule has 0 bridgehead atoms. The lowest BCUT2D eigenvalue weighted by atomic mass is 10.1. The molecule has 3 heterocycles. The van der Waals surface area contributed by atoms with Crippen molar-refractivity contribution in [3.05, 3.63) is 58.7 Å². The first-order valence-corrected chi connectivity index (χ1v) is 8.40. The number of hydrogen-bond acceptors (Lipinski definition) is 4. The number of imidazole rings is 1. The Morgan fingerprint density at radius 2 is 2.21 bits per heavy atom. The normalized spacial score (nSPS) is 18.5. The Morgan fingerprint density at radius 1 is 1.33 bits per heavy atom. The van der Waals surface area contributed by atoms with E-state index in [1.807, 2.05) is 43.8 Å². The molecule has 1 fully saturated rings. The summed E-state index contributed by atoms with van der Waals surface area (Å²) in [5, 5.41) is 0.653. The third-order valence-electron chi connectivity index (χ3n) is 4.88. The second-order valence-corrected chi connectivity index (χ2v) is 6.41. The molecule has 0 amide bonds. The van der Waals surface area contributed by atoms with Crippen LogP contribution in [0.5, 0.6) is 0 Å². The van der Waals surface area contributed by atoms with Gasteiger partial charge in [0.25, 0.3) is 5.56 Å². The highest BCUT2D eigenvalue weighted by molar-refractivity contribution is 5.77. The molecule has 0 radical (unpaired) electrons. The molecule has 0 spiro atoms. The molecule has 1 unspecified atom stereocenters. The Hall–Kier alpha value is -2.47. The molecule has 24 heavy (non-hydrogen) atoms. The fourth-order valence-electron chi connectivity index (χ4n) is 3.55. The minimum Gasteiger partial charge on any atom is -0.338 e. The molecular formula is C18H21N5O. The highest BCUT2D eigenvalue weighted by Gasteiger charge is 2.28. The van der Waals surface area contributed by atoms with E-state index < -0.39 is 0 Å². The van der Waals surface area contributed by atoms with E-state index in [4.69, 9.17) is 4.98 Å². The van der Waals surface area contributed by atoms with Crippen molar-refractivity contribution < 1.29 is 0 Å². The van der Waals surface area contributed by atoms with Crippen LogP contribution in [-0.4, -0.2) is 37.5 Å². The number of likely N-dealkylation sites (tertiary alicyclic amines) is 1. The third-order valence-corrected chi connectivity index (χ3v) is 4.88. The second-order valence-electron chi connectivity index (χ2n) is 6.41. The summed E-state index contributed by atoms with van der Waals surface area (Å²) in [6.07, 6.45) is 6.87. The number of nitrogens with zero attached hydrogens (tertiary/aromatic N) is 4. The van der Waals surface area contributed by atoms with Crippen molar-refractivity contribution >= 4 is 10.9 Å². The van der Waals surface area contributed by atoms with Gasteiger partial charge in [-0.15, -0.1) is 0 Å². The van der Waals surface area contributed by atoms with Crippen molar-refractivity contribution in [2.45, 2.75) is 25.3 Å². The van der Waals surface area contributed by atoms with Crippen LogP contribution in [0.15, 0.2) is 41.6 Å². The monoisotopic (exact) mass is 323 g/mol. The van der Waals surface area contributed by atoms with Gasteiger partial charge < -0.3 is 9.55 Å². The highest BCUT2D eigenvalue weighted by atomic mass is 16.1. The molecule has 0 saturated carbocycles. The van der Waals surface area contributed by atoms with Crippen LogP contribution in [0.3, 0.4) is 0 Å². The molecule has 1 atom stereocenters. The van der Waals surface area contributed by atoms with Gasteiger partial charge in [-0.25, -0.2) is 9.97 Å². The Labute approximate surface area is 140 Å². The Bertz CT molecular complexity index is 913. The predicted octanol–water partition coefficient (Wildman–Crippen LogP) is 2.04. The number of aromatic nitrogens is 4. The Balaban J connectivity index is 1.58. The van der Waals surface area contributed by atoms with Crippen LogP contribution < -0.4 is 5.56 Å². The summed E-state index contributed by atoms with van der Waals surface area (Å²) in [5.41, 5.74) is 1.95. The lowest BCUT2D eigenvalue weighted by Crippen LogP contribution is -2.28. The first kappa shape index (κ1) is 15.1. The van der Waals surface area contributed by atoms with E-state index in [-0.39, 0.29) is 11.6 Å². The Kier molecular flexibility index (Phi) is 3.90. The molecule has 4 rings (SSSR count). The van der Waals surface area contributed by atoms with Crippen LogP contribution in [0.25, 0.3) is 10.9 Å². The summed E-state index contributed by atoms with van der Waals surface area (Å²) in [7, 11) is 2.02. The summed E-state index contributed by atoms with van der Waals surface area (Å²) in [6.45, 7) is 1.99. The van der Waals surface area contributed by atoms with Crippen LogP contribution in [-0.2, 0) is 13.5 Å². The average molecular weight is 323 g/mol. The zero-order valence-corrected chi connectivity index (χ0v) is 13.8. The average Bonchev–Trinajstić information content (AvgIpc) is 3.21. The van der Waals surface area contributed by atoms with Crippen molar-refractivity contribution in [1.82, 2.24) is 24.4 Å². The van der Waals surface area contributed by atoms with Crippen molar-refractivity contribution in [1.29, 1.82) is 0 Å². The molecular weight excluding hydrogens is 302 g/mol. The number of aryl methyl sites for hydroxylation is 1. The van der Waals surface area contributed by atoms with E-state index in [2.05, 4.69) is 19.4 Å². The lowest BCUT2D eigenvalue weighted by Gasteiger charge is -2.23. The van der Waals surface area contributed by atoms with E-state index >= 15 is 0 Å². The van der Waals surface area contributed by atoms with Gasteiger partial charge in [0, 0.05) is 31.9 Å². The number of rotatable bonds is 4. The van der Waals surface area contributed by atoms with Gasteiger partial charge >= 0.3 is 0 Å². The van der Waals surface area contributed by atoms with Crippen molar-refractivity contribution in [3.63, 3.8) is 0 Å². The van der Waals surface area contributed by atoms with Crippen molar-refractivity contribution in [2.75, 3.05) is 13.1 Å². The molecule has 1 aliphatic heterocycles. The molecule has 1 aliphatic rings. The van der Waals surface area contributed by atoms with Gasteiger partial charge in [-0.3, -0.25) is 9.69 Å². The van der Waals surface area contributed by atoms with Gasteiger partial charge in [0.2, 0.25) is 0 Å². The lowest BCUT2D eigenvalue weighted by molar-refractivity contribution is 0.250. The fraction of sp³-hybridized carbons (Fsp3) is 0.389. The quantitative estimate of drug-likeness (QED) is 0.798. The summed E-state index contributed by atoms with van der Waals surface area (Å²) in [6, 6.07) is 7.71. The number of hydrogen-bond donors (Lipinski definition) is 1. The molecule has 1 N–H and O–H groups in total. The maximum Gasteiger partial charge on any atom is 0.258 e. The topological polar surface area (TPSA) is 66.8 Å². The van der Waals surface area contributed by atoms with E-state index in [1.54, 1.807) is 0 Å². The minimum absolute atomic E-state index is 0.0471. The van der Waals surface area contributed by atoms with Gasteiger partial charge in [-0.05, 0) is 31.5 Å². The summed E-state index contributed by atoms with van der Waals surface area (Å²) in [5.74, 6) is 0.793. The van der Waals surface area contributed by atoms with Gasteiger partial charge in [0.15, 0.2) is 0 Å². The largest absolute Gasteiger partial charge is 0.338 e. The van der Waals surface area contributed by atoms with E-state index in [0.29, 0.717) is 5.39 Å². The third kappa shape index (κ3) is 2.73. The van der Waals surface area contributed by atoms with Crippen LogP contribution >= 0.6 is 0 Å². The molecule has 3 aromatic rings. The number of H-pyrrole nitrogens is 1. The Morgan fingerprint density at radius 3 is 3.04 bits per heavy atom. The maximum absolute atomic E-state index is 12.3. The molecule has 0 aliphatic carbocycles. The highest BCUT2D eigenvalue weighted by Crippen LogP contribution is 2.29. The SMILES string of the molecule is Cn1cncc1CCN1CCCC1c1nc2ccccc2c(=O)[nH]1. The number of benzene rings is 1. The summed E-state index contributed by atoms with van der Waals surface area (Å²) >= 11 is 0. The van der Waals surface area contributed by atoms with Crippen LogP contribution in [0.2, 0.25) is 0 Å². The summed E-state index contributed by atoms with van der Waals surface area (Å²) < 4.78 is 2.06. The van der Waals surface area contributed by atoms with Gasteiger partial charge in [0.05, 0.1) is 23.3 Å². The first-order chi connectivity index (χ1) is 11.7. The number of para-hydroxylation sites is 1. The maximum atomic E-state index is 12.3. The predicted molar refractivity (Wildman–Crippen MR) is 92.8 cm³/mol. The molecule has 124 valence electrons. The zero-order chi connectivity index (χ0) is 16.5. The van der Waals surface area contributed by atoms with E-state index in [1.165, 1.54) is 5.69 Å². The van der Waals surface area contributed by atoms with Crippen LogP contribution in [0.1, 0.15) is 30.4 Å². The van der Waals surface area contributed by atoms with E-state index in [9.17, 15) is 4.79 Å². The van der Waals surface area contributed by atoms with Gasteiger partial charge in [0.1, 0.15) is 5.82 Å². The number of aromatic amines is 1. The molecule has 2 aromatic heterocycles. The van der Waals surface area contributed by atoms with Crippen LogP contribution in [0.4, 0.5) is 0 Å². The van der Waals surface area contributed by atoms with Crippen LogP contribution in [0, 0.1) is 0 Å². The molecule has 6 nitrogen and oxygen atoms in total. The minimum atomic E-state index is -0.0471. The molecule has 6 heteroatoms. The zero-order valence-electron chi connectivity index (χ0n) is 13.8. The molecule has 1 saturated heterocycles. The van der Waals surface area contributed by atoms with Gasteiger partial charge in [-0.2, -0.15) is 0 Å².